The van der Waals surface area contributed by atoms with Crippen molar-refractivity contribution < 1.29 is 9.59 Å². The van der Waals surface area contributed by atoms with Crippen LogP contribution in [0.3, 0.4) is 0 Å². The summed E-state index contributed by atoms with van der Waals surface area (Å²) in [6, 6.07) is 12.9. The van der Waals surface area contributed by atoms with Crippen LogP contribution in [0.25, 0.3) is 0 Å². The number of halogens is 2. The van der Waals surface area contributed by atoms with Gasteiger partial charge in [0.25, 0.3) is 5.91 Å². The number of hydrogen-bond acceptors (Lipinski definition) is 6. The molecule has 0 aliphatic rings. The summed E-state index contributed by atoms with van der Waals surface area (Å²) in [5.41, 5.74) is 2.37. The van der Waals surface area contributed by atoms with E-state index >= 15 is 0 Å². The van der Waals surface area contributed by atoms with Crippen LogP contribution in [0.4, 0.5) is 10.8 Å². The molecule has 3 aromatic rings. The molecular formula is C21H20BrClN4O2S2. The molecule has 0 saturated heterocycles. The largest absolute Gasteiger partial charge is 0.325 e. The predicted octanol–water partition coefficient (Wildman–Crippen LogP) is 6.28. The van der Waals surface area contributed by atoms with E-state index in [0.717, 1.165) is 29.4 Å². The monoisotopic (exact) mass is 538 g/mol. The first-order chi connectivity index (χ1) is 14.9. The number of rotatable bonds is 9. The van der Waals surface area contributed by atoms with Crippen LogP contribution in [-0.2, 0) is 11.2 Å². The van der Waals surface area contributed by atoms with Crippen molar-refractivity contribution in [1.82, 2.24) is 10.2 Å². The van der Waals surface area contributed by atoms with Crippen LogP contribution in [-0.4, -0.2) is 27.8 Å². The summed E-state index contributed by atoms with van der Waals surface area (Å²) in [5.74, 6) is -0.315. The molecule has 0 saturated carbocycles. The Kier molecular flexibility index (Phi) is 8.89. The smallest absolute Gasteiger partial charge is 0.259 e. The highest BCUT2D eigenvalue weighted by molar-refractivity contribution is 9.10. The molecule has 0 atom stereocenters. The van der Waals surface area contributed by atoms with E-state index in [-0.39, 0.29) is 17.6 Å². The zero-order chi connectivity index (χ0) is 22.2. The Morgan fingerprint density at radius 2 is 1.90 bits per heavy atom. The normalized spacial score (nSPS) is 10.7. The number of amides is 2. The number of nitrogens with one attached hydrogen (secondary N) is 2. The van der Waals surface area contributed by atoms with E-state index < -0.39 is 0 Å². The lowest BCUT2D eigenvalue weighted by Gasteiger charge is -2.06. The number of hydrogen-bond donors (Lipinski definition) is 2. The molecule has 2 aromatic carbocycles. The van der Waals surface area contributed by atoms with Crippen LogP contribution in [0.5, 0.6) is 0 Å². The minimum atomic E-state index is -0.376. The molecule has 0 aliphatic heterocycles. The van der Waals surface area contributed by atoms with E-state index in [1.807, 2.05) is 24.3 Å². The van der Waals surface area contributed by atoms with Crippen molar-refractivity contribution in [2.24, 2.45) is 0 Å². The molecule has 0 fully saturated rings. The van der Waals surface area contributed by atoms with Crippen molar-refractivity contribution in [2.75, 3.05) is 16.4 Å². The Hall–Kier alpha value is -1.94. The fourth-order valence-corrected chi connectivity index (χ4v) is 4.73. The molecule has 31 heavy (non-hydrogen) atoms. The third-order valence-corrected chi connectivity index (χ3v) is 6.98. The first-order valence-electron chi connectivity index (χ1n) is 9.56. The van der Waals surface area contributed by atoms with Crippen molar-refractivity contribution >= 4 is 73.3 Å². The lowest BCUT2D eigenvalue weighted by molar-refractivity contribution is -0.113. The van der Waals surface area contributed by atoms with Gasteiger partial charge in [0.2, 0.25) is 11.0 Å². The Bertz CT molecular complexity index is 1060. The van der Waals surface area contributed by atoms with Gasteiger partial charge in [0.05, 0.1) is 16.3 Å². The van der Waals surface area contributed by atoms with Crippen molar-refractivity contribution in [1.29, 1.82) is 0 Å². The Balaban J connectivity index is 1.49. The average molecular weight is 540 g/mol. The zero-order valence-corrected chi connectivity index (χ0v) is 20.6. The molecule has 10 heteroatoms. The maximum Gasteiger partial charge on any atom is 0.259 e. The molecular weight excluding hydrogens is 520 g/mol. The van der Waals surface area contributed by atoms with E-state index in [4.69, 9.17) is 11.6 Å². The number of benzene rings is 2. The van der Waals surface area contributed by atoms with Gasteiger partial charge in [0.15, 0.2) is 4.34 Å². The number of nitrogens with zero attached hydrogens (tertiary/aromatic N) is 2. The molecule has 2 N–H and O–H groups in total. The van der Waals surface area contributed by atoms with Crippen molar-refractivity contribution in [3.63, 3.8) is 0 Å². The highest BCUT2D eigenvalue weighted by Gasteiger charge is 2.15. The molecule has 0 radical (unpaired) electrons. The third kappa shape index (κ3) is 7.31. The third-order valence-electron chi connectivity index (χ3n) is 4.18. The average Bonchev–Trinajstić information content (AvgIpc) is 3.20. The molecule has 3 rings (SSSR count). The summed E-state index contributed by atoms with van der Waals surface area (Å²) in [6.07, 6.45) is 3.36. The fraction of sp³-hybridized carbons (Fsp3) is 0.238. The summed E-state index contributed by atoms with van der Waals surface area (Å²) in [4.78, 5) is 24.6. The van der Waals surface area contributed by atoms with Gasteiger partial charge < -0.3 is 5.32 Å². The Morgan fingerprint density at radius 1 is 1.13 bits per heavy atom. The summed E-state index contributed by atoms with van der Waals surface area (Å²) >= 11 is 11.9. The highest BCUT2D eigenvalue weighted by atomic mass is 79.9. The molecule has 1 heterocycles. The standard InChI is InChI=1S/C21H20BrClN4O2S2/c1-2-3-4-13-5-8-15(9-6-13)24-18(28)12-30-21-27-26-20(31-21)25-19(29)16-11-14(22)7-10-17(16)23/h5-11H,2-4,12H2,1H3,(H,24,28)(H,25,26,29). The van der Waals surface area contributed by atoms with Crippen LogP contribution in [0.2, 0.25) is 5.02 Å². The number of anilines is 2. The predicted molar refractivity (Wildman–Crippen MR) is 131 cm³/mol. The second-order valence-electron chi connectivity index (χ2n) is 6.59. The van der Waals surface area contributed by atoms with Gasteiger partial charge in [-0.05, 0) is 48.7 Å². The Labute approximate surface area is 202 Å². The second kappa shape index (κ2) is 11.6. The first kappa shape index (κ1) is 23.7. The van der Waals surface area contributed by atoms with Gasteiger partial charge in [-0.1, -0.05) is 76.1 Å². The lowest BCUT2D eigenvalue weighted by atomic mass is 10.1. The van der Waals surface area contributed by atoms with Crippen LogP contribution in [0.1, 0.15) is 35.7 Å². The van der Waals surface area contributed by atoms with Crippen LogP contribution < -0.4 is 10.6 Å². The molecule has 0 aliphatic carbocycles. The molecule has 6 nitrogen and oxygen atoms in total. The van der Waals surface area contributed by atoms with E-state index in [0.29, 0.717) is 20.1 Å². The molecule has 0 unspecified atom stereocenters. The topological polar surface area (TPSA) is 84.0 Å². The van der Waals surface area contributed by atoms with Crippen molar-refractivity contribution in [2.45, 2.75) is 30.5 Å². The highest BCUT2D eigenvalue weighted by Crippen LogP contribution is 2.27. The van der Waals surface area contributed by atoms with Gasteiger partial charge in [-0.15, -0.1) is 10.2 Å². The number of carbonyl (C=O) groups excluding carboxylic acids is 2. The number of aryl methyl sites for hydroxylation is 1. The molecule has 2 amide bonds. The van der Waals surface area contributed by atoms with E-state index in [1.165, 1.54) is 28.7 Å². The van der Waals surface area contributed by atoms with Gasteiger partial charge in [0, 0.05) is 10.2 Å². The quantitative estimate of drug-likeness (QED) is 0.247. The Morgan fingerprint density at radius 3 is 2.65 bits per heavy atom. The van der Waals surface area contributed by atoms with Gasteiger partial charge >= 0.3 is 0 Å². The number of thioether (sulfide) groups is 1. The van der Waals surface area contributed by atoms with E-state index in [2.05, 4.69) is 43.7 Å². The number of aromatic nitrogens is 2. The zero-order valence-electron chi connectivity index (χ0n) is 16.7. The fourth-order valence-electron chi connectivity index (χ4n) is 2.61. The van der Waals surface area contributed by atoms with Gasteiger partial charge in [0.1, 0.15) is 0 Å². The molecule has 1 aromatic heterocycles. The minimum Gasteiger partial charge on any atom is -0.325 e. The van der Waals surface area contributed by atoms with Gasteiger partial charge in [-0.2, -0.15) is 0 Å². The number of carbonyl (C=O) groups is 2. The summed E-state index contributed by atoms with van der Waals surface area (Å²) in [7, 11) is 0. The number of unbranched alkanes of at least 4 members (excludes halogenated alkanes) is 1. The van der Waals surface area contributed by atoms with Crippen LogP contribution in [0.15, 0.2) is 51.3 Å². The van der Waals surface area contributed by atoms with Gasteiger partial charge in [-0.25, -0.2) is 0 Å². The first-order valence-corrected chi connectivity index (χ1v) is 12.5. The summed E-state index contributed by atoms with van der Waals surface area (Å²) in [5, 5.41) is 14.2. The van der Waals surface area contributed by atoms with E-state index in [9.17, 15) is 9.59 Å². The molecule has 0 spiro atoms. The van der Waals surface area contributed by atoms with Crippen LogP contribution >= 0.6 is 50.6 Å². The maximum atomic E-state index is 12.4. The molecule has 0 bridgehead atoms. The minimum absolute atomic E-state index is 0.131. The van der Waals surface area contributed by atoms with Gasteiger partial charge in [-0.3, -0.25) is 14.9 Å². The maximum absolute atomic E-state index is 12.4. The molecule has 162 valence electrons. The van der Waals surface area contributed by atoms with Crippen molar-refractivity contribution in [3.8, 4) is 0 Å². The van der Waals surface area contributed by atoms with Crippen LogP contribution in [0, 0.1) is 0 Å². The lowest BCUT2D eigenvalue weighted by Crippen LogP contribution is -2.13. The summed E-state index contributed by atoms with van der Waals surface area (Å²) < 4.78 is 1.33. The van der Waals surface area contributed by atoms with E-state index in [1.54, 1.807) is 18.2 Å². The second-order valence-corrected chi connectivity index (χ2v) is 10.1. The SMILES string of the molecule is CCCCc1ccc(NC(=O)CSc2nnc(NC(=O)c3cc(Br)ccc3Cl)s2)cc1. The summed E-state index contributed by atoms with van der Waals surface area (Å²) in [6.45, 7) is 2.17. The van der Waals surface area contributed by atoms with Crippen molar-refractivity contribution in [3.05, 3.63) is 63.1 Å².